The maximum atomic E-state index is 3.22. The van der Waals surface area contributed by atoms with E-state index in [9.17, 15) is 0 Å². The molecule has 1 atom stereocenters. The van der Waals surface area contributed by atoms with Crippen LogP contribution in [0.1, 0.15) is 6.92 Å². The third kappa shape index (κ3) is 5.47. The van der Waals surface area contributed by atoms with Gasteiger partial charge in [-0.3, -0.25) is 0 Å². The van der Waals surface area contributed by atoms with Crippen LogP contribution in [0, 0.1) is 0 Å². The molecule has 0 bridgehead atoms. The van der Waals surface area contributed by atoms with Crippen molar-refractivity contribution in [2.45, 2.75) is 13.0 Å². The summed E-state index contributed by atoms with van der Waals surface area (Å²) in [5.74, 6) is 0. The Balaban J connectivity index is 0.000000162. The fourth-order valence-electron chi connectivity index (χ4n) is 1.83. The van der Waals surface area contributed by atoms with Crippen LogP contribution in [-0.2, 0) is 0 Å². The van der Waals surface area contributed by atoms with Crippen LogP contribution in [0.4, 0.5) is 0 Å². The minimum absolute atomic E-state index is 0.740. The predicted octanol–water partition coefficient (Wildman–Crippen LogP) is -0.569. The number of piperazine rings is 2. The summed E-state index contributed by atoms with van der Waals surface area (Å²) in [7, 11) is 4.38. The first kappa shape index (κ1) is 12.9. The topological polar surface area (TPSA) is 30.5 Å². The average molecular weight is 214 g/mol. The third-order valence-electron chi connectivity index (χ3n) is 3.12. The summed E-state index contributed by atoms with van der Waals surface area (Å²) in [5, 5.41) is 6.44. The van der Waals surface area contributed by atoms with Gasteiger partial charge in [-0.25, -0.2) is 0 Å². The van der Waals surface area contributed by atoms with E-state index in [1.54, 1.807) is 0 Å². The van der Waals surface area contributed by atoms with Gasteiger partial charge >= 0.3 is 0 Å². The normalized spacial score (nSPS) is 29.4. The maximum absolute atomic E-state index is 3.22. The molecule has 2 N–H and O–H groups in total. The summed E-state index contributed by atoms with van der Waals surface area (Å²) in [6.07, 6.45) is 0. The van der Waals surface area contributed by atoms with Gasteiger partial charge < -0.3 is 20.4 Å². The Labute approximate surface area is 94.0 Å². The van der Waals surface area contributed by atoms with E-state index in [-0.39, 0.29) is 0 Å². The lowest BCUT2D eigenvalue weighted by Gasteiger charge is -2.35. The zero-order valence-corrected chi connectivity index (χ0v) is 10.4. The summed E-state index contributed by atoms with van der Waals surface area (Å²) < 4.78 is 0. The van der Waals surface area contributed by atoms with E-state index in [1.807, 2.05) is 0 Å². The lowest BCUT2D eigenvalue weighted by Crippen LogP contribution is -2.48. The highest BCUT2D eigenvalue weighted by atomic mass is 15.3. The van der Waals surface area contributed by atoms with E-state index in [0.717, 1.165) is 32.2 Å². The molecule has 4 heteroatoms. The van der Waals surface area contributed by atoms with Crippen molar-refractivity contribution >= 4 is 0 Å². The molecule has 0 aromatic heterocycles. The summed E-state index contributed by atoms with van der Waals surface area (Å²) in [6, 6.07) is 0.740. The van der Waals surface area contributed by atoms with Crippen LogP contribution in [0.25, 0.3) is 0 Å². The number of nitrogens with one attached hydrogen (secondary N) is 2. The quantitative estimate of drug-likeness (QED) is 0.565. The van der Waals surface area contributed by atoms with Crippen molar-refractivity contribution in [3.05, 3.63) is 0 Å². The van der Waals surface area contributed by atoms with Gasteiger partial charge in [-0.2, -0.15) is 0 Å². The average Bonchev–Trinajstić information content (AvgIpc) is 2.27. The van der Waals surface area contributed by atoms with Gasteiger partial charge in [-0.05, 0) is 21.0 Å². The number of likely N-dealkylation sites (N-methyl/N-ethyl adjacent to an activating group) is 2. The molecular weight excluding hydrogens is 188 g/mol. The maximum Gasteiger partial charge on any atom is 0.0192 e. The Morgan fingerprint density at radius 2 is 1.47 bits per heavy atom. The standard InChI is InChI=1S/C7H16N2.C4H10N2/c1-7-6-8(2)4-5-9(7)3;1-2-6-4-3-5-1/h7H,4-6H2,1-3H3;5-6H,1-4H2. The molecule has 2 fully saturated rings. The number of nitrogens with zero attached hydrogens (tertiary/aromatic N) is 2. The second-order valence-corrected chi connectivity index (χ2v) is 4.59. The summed E-state index contributed by atoms with van der Waals surface area (Å²) in [5.41, 5.74) is 0. The first-order valence-corrected chi connectivity index (χ1v) is 6.00. The van der Waals surface area contributed by atoms with Crippen LogP contribution in [0.2, 0.25) is 0 Å². The van der Waals surface area contributed by atoms with Crippen molar-refractivity contribution in [1.82, 2.24) is 20.4 Å². The van der Waals surface area contributed by atoms with Gasteiger partial charge in [0, 0.05) is 51.9 Å². The van der Waals surface area contributed by atoms with Crippen LogP contribution in [0.15, 0.2) is 0 Å². The number of hydrogen-bond acceptors (Lipinski definition) is 4. The van der Waals surface area contributed by atoms with Gasteiger partial charge in [-0.15, -0.1) is 0 Å². The lowest BCUT2D eigenvalue weighted by atomic mass is 10.2. The molecule has 2 aliphatic heterocycles. The van der Waals surface area contributed by atoms with Crippen molar-refractivity contribution in [2.75, 3.05) is 59.9 Å². The van der Waals surface area contributed by atoms with Crippen LogP contribution < -0.4 is 10.6 Å². The van der Waals surface area contributed by atoms with E-state index >= 15 is 0 Å². The predicted molar refractivity (Wildman–Crippen MR) is 65.3 cm³/mol. The molecule has 2 aliphatic rings. The molecule has 0 aromatic carbocycles. The van der Waals surface area contributed by atoms with E-state index in [2.05, 4.69) is 41.5 Å². The van der Waals surface area contributed by atoms with Gasteiger partial charge in [0.25, 0.3) is 0 Å². The van der Waals surface area contributed by atoms with Gasteiger partial charge in [-0.1, -0.05) is 0 Å². The molecule has 0 saturated carbocycles. The van der Waals surface area contributed by atoms with Crippen LogP contribution >= 0.6 is 0 Å². The molecule has 0 amide bonds. The van der Waals surface area contributed by atoms with Crippen LogP contribution in [0.3, 0.4) is 0 Å². The third-order valence-corrected chi connectivity index (χ3v) is 3.12. The Morgan fingerprint density at radius 3 is 1.80 bits per heavy atom. The molecule has 90 valence electrons. The van der Waals surface area contributed by atoms with Crippen molar-refractivity contribution < 1.29 is 0 Å². The second kappa shape index (κ2) is 7.17. The fourth-order valence-corrected chi connectivity index (χ4v) is 1.83. The monoisotopic (exact) mass is 214 g/mol. The number of rotatable bonds is 0. The fraction of sp³-hybridized carbons (Fsp3) is 1.00. The highest BCUT2D eigenvalue weighted by Gasteiger charge is 2.16. The zero-order valence-electron chi connectivity index (χ0n) is 10.4. The first-order valence-electron chi connectivity index (χ1n) is 6.00. The van der Waals surface area contributed by atoms with Crippen molar-refractivity contribution in [1.29, 1.82) is 0 Å². The molecule has 0 aromatic rings. The van der Waals surface area contributed by atoms with E-state index in [0.29, 0.717) is 0 Å². The molecular formula is C11H26N4. The molecule has 2 heterocycles. The molecule has 1 unspecified atom stereocenters. The molecule has 0 spiro atoms. The second-order valence-electron chi connectivity index (χ2n) is 4.59. The van der Waals surface area contributed by atoms with Crippen molar-refractivity contribution in [3.63, 3.8) is 0 Å². The Bertz CT molecular complexity index is 147. The van der Waals surface area contributed by atoms with E-state index in [4.69, 9.17) is 0 Å². The van der Waals surface area contributed by atoms with Gasteiger partial charge in [0.2, 0.25) is 0 Å². The lowest BCUT2D eigenvalue weighted by molar-refractivity contribution is 0.125. The van der Waals surface area contributed by atoms with E-state index < -0.39 is 0 Å². The molecule has 4 nitrogen and oxygen atoms in total. The minimum Gasteiger partial charge on any atom is -0.314 e. The SMILES string of the molecule is C1CNCCN1.CC1CN(C)CCN1C. The Morgan fingerprint density at radius 1 is 0.933 bits per heavy atom. The van der Waals surface area contributed by atoms with E-state index in [1.165, 1.54) is 19.6 Å². The smallest absolute Gasteiger partial charge is 0.0192 e. The summed E-state index contributed by atoms with van der Waals surface area (Å²) >= 11 is 0. The molecule has 2 saturated heterocycles. The summed E-state index contributed by atoms with van der Waals surface area (Å²) in [4.78, 5) is 4.78. The first-order chi connectivity index (χ1) is 7.20. The van der Waals surface area contributed by atoms with Crippen molar-refractivity contribution in [2.24, 2.45) is 0 Å². The van der Waals surface area contributed by atoms with Gasteiger partial charge in [0.15, 0.2) is 0 Å². The summed E-state index contributed by atoms with van der Waals surface area (Å²) in [6.45, 7) is 10.5. The minimum atomic E-state index is 0.740. The molecule has 2 rings (SSSR count). The van der Waals surface area contributed by atoms with Gasteiger partial charge in [0.1, 0.15) is 0 Å². The molecule has 0 radical (unpaired) electrons. The Hall–Kier alpha value is -0.160. The van der Waals surface area contributed by atoms with Crippen LogP contribution in [-0.4, -0.2) is 75.8 Å². The highest BCUT2D eigenvalue weighted by molar-refractivity contribution is 4.73. The molecule has 15 heavy (non-hydrogen) atoms. The highest BCUT2D eigenvalue weighted by Crippen LogP contribution is 2.03. The van der Waals surface area contributed by atoms with Gasteiger partial charge in [0.05, 0.1) is 0 Å². The number of hydrogen-bond donors (Lipinski definition) is 2. The molecule has 0 aliphatic carbocycles. The largest absolute Gasteiger partial charge is 0.314 e. The van der Waals surface area contributed by atoms with Crippen LogP contribution in [0.5, 0.6) is 0 Å². The Kier molecular flexibility index (Phi) is 6.17. The van der Waals surface area contributed by atoms with Crippen molar-refractivity contribution in [3.8, 4) is 0 Å². The zero-order chi connectivity index (χ0) is 11.1.